The molecular weight excluding hydrogens is 327 g/mol. The fraction of sp³-hybridized carbons (Fsp3) is 0.316. The summed E-state index contributed by atoms with van der Waals surface area (Å²) in [5, 5.41) is 3.42. The minimum absolute atomic E-state index is 0.222. The normalized spacial score (nSPS) is 12.6. The van der Waals surface area contributed by atoms with Crippen LogP contribution in [0.4, 0.5) is 19.0 Å². The SMILES string of the molecule is Cc1ccc2nc(-c3ccc(C(F)(F)F)cc3)c(NC(C)(C)C)n2c1. The van der Waals surface area contributed by atoms with Crippen molar-refractivity contribution >= 4 is 11.5 Å². The lowest BCUT2D eigenvalue weighted by molar-refractivity contribution is -0.137. The standard InChI is InChI=1S/C19H20F3N3/c1-12-5-10-15-23-16(17(25(15)11-12)24-18(2,3)4)13-6-8-14(9-7-13)19(20,21)22/h5-11,24H,1-4H3. The molecule has 0 aliphatic rings. The summed E-state index contributed by atoms with van der Waals surface area (Å²) in [5.74, 6) is 0.769. The molecule has 1 N–H and O–H groups in total. The highest BCUT2D eigenvalue weighted by atomic mass is 19.4. The lowest BCUT2D eigenvalue weighted by Crippen LogP contribution is -2.27. The van der Waals surface area contributed by atoms with Gasteiger partial charge in [0.25, 0.3) is 0 Å². The number of pyridine rings is 1. The summed E-state index contributed by atoms with van der Waals surface area (Å²) >= 11 is 0. The van der Waals surface area contributed by atoms with Gasteiger partial charge >= 0.3 is 6.18 Å². The fourth-order valence-electron chi connectivity index (χ4n) is 2.64. The Kier molecular flexibility index (Phi) is 4.01. The minimum atomic E-state index is -4.35. The first kappa shape index (κ1) is 17.3. The number of benzene rings is 1. The first-order valence-electron chi connectivity index (χ1n) is 7.99. The van der Waals surface area contributed by atoms with Gasteiger partial charge in [-0.25, -0.2) is 4.98 Å². The highest BCUT2D eigenvalue weighted by molar-refractivity contribution is 5.77. The van der Waals surface area contributed by atoms with Crippen molar-refractivity contribution in [3.63, 3.8) is 0 Å². The molecule has 0 saturated carbocycles. The lowest BCUT2D eigenvalue weighted by Gasteiger charge is -2.22. The monoisotopic (exact) mass is 347 g/mol. The predicted octanol–water partition coefficient (Wildman–Crippen LogP) is 5.54. The van der Waals surface area contributed by atoms with Crippen molar-refractivity contribution in [1.82, 2.24) is 9.38 Å². The Labute approximate surface area is 144 Å². The van der Waals surface area contributed by atoms with Crippen molar-refractivity contribution < 1.29 is 13.2 Å². The van der Waals surface area contributed by atoms with E-state index in [0.717, 1.165) is 29.2 Å². The predicted molar refractivity (Wildman–Crippen MR) is 93.7 cm³/mol. The van der Waals surface area contributed by atoms with Gasteiger partial charge in [-0.15, -0.1) is 0 Å². The summed E-state index contributed by atoms with van der Waals surface area (Å²) in [6, 6.07) is 8.96. The molecule has 0 amide bonds. The molecule has 0 spiro atoms. The molecular formula is C19H20F3N3. The Bertz CT molecular complexity index is 901. The van der Waals surface area contributed by atoms with E-state index in [0.29, 0.717) is 11.3 Å². The molecule has 3 nitrogen and oxygen atoms in total. The minimum Gasteiger partial charge on any atom is -0.365 e. The molecule has 2 heterocycles. The first-order valence-corrected chi connectivity index (χ1v) is 7.99. The Hall–Kier alpha value is -2.50. The van der Waals surface area contributed by atoms with Gasteiger partial charge in [0.1, 0.15) is 17.2 Å². The molecule has 0 radical (unpaired) electrons. The number of fused-ring (bicyclic) bond motifs is 1. The summed E-state index contributed by atoms with van der Waals surface area (Å²) in [6.45, 7) is 8.06. The van der Waals surface area contributed by atoms with Crippen LogP contribution in [0.25, 0.3) is 16.9 Å². The Morgan fingerprint density at radius 1 is 0.960 bits per heavy atom. The van der Waals surface area contributed by atoms with Gasteiger partial charge in [-0.1, -0.05) is 18.2 Å². The zero-order valence-electron chi connectivity index (χ0n) is 14.6. The summed E-state index contributed by atoms with van der Waals surface area (Å²) in [6.07, 6.45) is -2.38. The van der Waals surface area contributed by atoms with Gasteiger partial charge in [-0.05, 0) is 51.5 Å². The number of alkyl halides is 3. The van der Waals surface area contributed by atoms with Crippen LogP contribution in [0.5, 0.6) is 0 Å². The molecule has 132 valence electrons. The maximum Gasteiger partial charge on any atom is 0.416 e. The smallest absolute Gasteiger partial charge is 0.365 e. The highest BCUT2D eigenvalue weighted by Gasteiger charge is 2.30. The van der Waals surface area contributed by atoms with Crippen LogP contribution >= 0.6 is 0 Å². The van der Waals surface area contributed by atoms with Crippen molar-refractivity contribution in [3.8, 4) is 11.3 Å². The Balaban J connectivity index is 2.16. The van der Waals surface area contributed by atoms with Crippen LogP contribution in [0.15, 0.2) is 42.6 Å². The zero-order chi connectivity index (χ0) is 18.4. The van der Waals surface area contributed by atoms with E-state index in [1.165, 1.54) is 12.1 Å². The third kappa shape index (κ3) is 3.62. The van der Waals surface area contributed by atoms with E-state index in [9.17, 15) is 13.2 Å². The third-order valence-electron chi connectivity index (χ3n) is 3.75. The molecule has 0 atom stereocenters. The second kappa shape index (κ2) is 5.79. The first-order chi connectivity index (χ1) is 11.5. The van der Waals surface area contributed by atoms with E-state index in [2.05, 4.69) is 10.3 Å². The molecule has 3 aromatic rings. The molecule has 2 aromatic heterocycles. The number of aryl methyl sites for hydroxylation is 1. The van der Waals surface area contributed by atoms with Crippen LogP contribution in [-0.2, 0) is 6.18 Å². The molecule has 25 heavy (non-hydrogen) atoms. The Morgan fingerprint density at radius 2 is 1.60 bits per heavy atom. The van der Waals surface area contributed by atoms with Gasteiger partial charge in [-0.3, -0.25) is 4.40 Å². The van der Waals surface area contributed by atoms with Crippen molar-refractivity contribution in [2.24, 2.45) is 0 Å². The fourth-order valence-corrected chi connectivity index (χ4v) is 2.64. The van der Waals surface area contributed by atoms with Crippen LogP contribution in [-0.4, -0.2) is 14.9 Å². The molecule has 0 aliphatic carbocycles. The number of anilines is 1. The van der Waals surface area contributed by atoms with E-state index in [1.54, 1.807) is 0 Å². The van der Waals surface area contributed by atoms with Crippen molar-refractivity contribution in [3.05, 3.63) is 53.7 Å². The second-order valence-electron chi connectivity index (χ2n) is 7.19. The molecule has 0 unspecified atom stereocenters. The van der Waals surface area contributed by atoms with E-state index in [1.807, 2.05) is 50.4 Å². The molecule has 0 saturated heterocycles. The molecule has 0 bridgehead atoms. The summed E-state index contributed by atoms with van der Waals surface area (Å²) < 4.78 is 40.3. The van der Waals surface area contributed by atoms with E-state index < -0.39 is 11.7 Å². The van der Waals surface area contributed by atoms with Gasteiger partial charge in [0.15, 0.2) is 0 Å². The van der Waals surface area contributed by atoms with Crippen molar-refractivity contribution in [2.75, 3.05) is 5.32 Å². The number of aromatic nitrogens is 2. The van der Waals surface area contributed by atoms with Crippen LogP contribution in [0.2, 0.25) is 0 Å². The van der Waals surface area contributed by atoms with E-state index in [4.69, 9.17) is 0 Å². The highest BCUT2D eigenvalue weighted by Crippen LogP contribution is 2.34. The molecule has 0 fully saturated rings. The Morgan fingerprint density at radius 3 is 2.16 bits per heavy atom. The number of rotatable bonds is 2. The van der Waals surface area contributed by atoms with Crippen LogP contribution in [0, 0.1) is 6.92 Å². The number of hydrogen-bond donors (Lipinski definition) is 1. The van der Waals surface area contributed by atoms with Crippen molar-refractivity contribution in [1.29, 1.82) is 0 Å². The maximum absolute atomic E-state index is 12.8. The van der Waals surface area contributed by atoms with Gasteiger partial charge in [0.2, 0.25) is 0 Å². The maximum atomic E-state index is 12.8. The number of hydrogen-bond acceptors (Lipinski definition) is 2. The second-order valence-corrected chi connectivity index (χ2v) is 7.19. The topological polar surface area (TPSA) is 29.3 Å². The molecule has 1 aromatic carbocycles. The van der Waals surface area contributed by atoms with Crippen molar-refractivity contribution in [2.45, 2.75) is 39.4 Å². The van der Waals surface area contributed by atoms with Gasteiger partial charge < -0.3 is 5.32 Å². The van der Waals surface area contributed by atoms with E-state index >= 15 is 0 Å². The van der Waals surface area contributed by atoms with Gasteiger partial charge in [-0.2, -0.15) is 13.2 Å². The lowest BCUT2D eigenvalue weighted by atomic mass is 10.1. The number of halogens is 3. The van der Waals surface area contributed by atoms with Crippen LogP contribution in [0.1, 0.15) is 31.9 Å². The van der Waals surface area contributed by atoms with Gasteiger partial charge in [0, 0.05) is 17.3 Å². The third-order valence-corrected chi connectivity index (χ3v) is 3.75. The summed E-state index contributed by atoms with van der Waals surface area (Å²) in [5.41, 5.74) is 2.20. The van der Waals surface area contributed by atoms with Crippen LogP contribution in [0.3, 0.4) is 0 Å². The van der Waals surface area contributed by atoms with E-state index in [-0.39, 0.29) is 5.54 Å². The molecule has 6 heteroatoms. The number of imidazole rings is 1. The summed E-state index contributed by atoms with van der Waals surface area (Å²) in [4.78, 5) is 4.62. The average molecular weight is 347 g/mol. The average Bonchev–Trinajstić information content (AvgIpc) is 2.83. The van der Waals surface area contributed by atoms with Gasteiger partial charge in [0.05, 0.1) is 5.56 Å². The number of nitrogens with one attached hydrogen (secondary N) is 1. The largest absolute Gasteiger partial charge is 0.416 e. The molecule has 0 aliphatic heterocycles. The molecule has 3 rings (SSSR count). The zero-order valence-corrected chi connectivity index (χ0v) is 14.6. The van der Waals surface area contributed by atoms with Crippen LogP contribution < -0.4 is 5.32 Å². The number of nitrogens with zero attached hydrogens (tertiary/aromatic N) is 2. The quantitative estimate of drug-likeness (QED) is 0.659. The summed E-state index contributed by atoms with van der Waals surface area (Å²) in [7, 11) is 0.